The van der Waals surface area contributed by atoms with Crippen molar-refractivity contribution in [1.82, 2.24) is 9.47 Å². The van der Waals surface area contributed by atoms with Crippen molar-refractivity contribution in [3.05, 3.63) is 30.5 Å². The molecule has 152 valence electrons. The Hall–Kier alpha value is -2.05. The number of amides is 1. The normalized spacial score (nSPS) is 21.0. The highest BCUT2D eigenvalue weighted by Crippen LogP contribution is 2.31. The summed E-state index contributed by atoms with van der Waals surface area (Å²) in [6.07, 6.45) is 9.43. The van der Waals surface area contributed by atoms with Gasteiger partial charge in [0.25, 0.3) is 0 Å². The lowest BCUT2D eigenvalue weighted by Gasteiger charge is -2.40. The zero-order valence-electron chi connectivity index (χ0n) is 16.5. The fraction of sp³-hybridized carbons (Fsp3) is 0.591. The van der Waals surface area contributed by atoms with Gasteiger partial charge in [-0.2, -0.15) is 0 Å². The number of nitrogens with two attached hydrogens (primary N) is 1. The summed E-state index contributed by atoms with van der Waals surface area (Å²) in [6.45, 7) is 2.90. The molecule has 2 heterocycles. The second-order valence-electron chi connectivity index (χ2n) is 8.48. The predicted octanol–water partition coefficient (Wildman–Crippen LogP) is 2.67. The van der Waals surface area contributed by atoms with Crippen molar-refractivity contribution < 1.29 is 14.6 Å². The van der Waals surface area contributed by atoms with Gasteiger partial charge in [0.1, 0.15) is 18.4 Å². The summed E-state index contributed by atoms with van der Waals surface area (Å²) in [4.78, 5) is 13.7. The first-order valence-electron chi connectivity index (χ1n) is 10.5. The van der Waals surface area contributed by atoms with Crippen molar-refractivity contribution in [2.45, 2.75) is 63.2 Å². The molecule has 2 fully saturated rings. The number of nitrogens with zero attached hydrogens (tertiary/aromatic N) is 2. The van der Waals surface area contributed by atoms with E-state index >= 15 is 0 Å². The molecule has 6 heteroatoms. The van der Waals surface area contributed by atoms with Gasteiger partial charge in [-0.1, -0.05) is 25.3 Å². The van der Waals surface area contributed by atoms with Crippen molar-refractivity contribution >= 4 is 16.8 Å². The average molecular weight is 386 g/mol. The van der Waals surface area contributed by atoms with Gasteiger partial charge in [0.15, 0.2) is 0 Å². The Kier molecular flexibility index (Phi) is 5.60. The van der Waals surface area contributed by atoms with Crippen LogP contribution in [0.2, 0.25) is 0 Å². The number of carbonyl (C=O) groups excluding carboxylic acids is 1. The number of β-amino-alcohol motifs (C(OH)–C–C–N with tert-alkyl or cyclic N) is 1. The van der Waals surface area contributed by atoms with E-state index in [-0.39, 0.29) is 18.6 Å². The third kappa shape index (κ3) is 4.33. The number of benzene rings is 1. The molecule has 1 aromatic heterocycles. The third-order valence-electron chi connectivity index (χ3n) is 6.23. The molecule has 3 N–H and O–H groups in total. The molecule has 1 amide bonds. The molecule has 1 aliphatic heterocycles. The first-order chi connectivity index (χ1) is 13.5. The number of aromatic nitrogens is 1. The number of rotatable bonds is 6. The van der Waals surface area contributed by atoms with E-state index in [1.54, 1.807) is 0 Å². The van der Waals surface area contributed by atoms with Crippen LogP contribution in [0.4, 0.5) is 0 Å². The SMILES string of the molecule is NC(=O)Cn1ccc2c(OC3CCN(CC4(O)CCCCC4)CC3)cccc21. The van der Waals surface area contributed by atoms with Gasteiger partial charge in [-0.3, -0.25) is 4.79 Å². The Morgan fingerprint density at radius 1 is 1.18 bits per heavy atom. The van der Waals surface area contributed by atoms with E-state index < -0.39 is 5.60 Å². The fourth-order valence-electron chi connectivity index (χ4n) is 4.75. The Morgan fingerprint density at radius 3 is 2.64 bits per heavy atom. The number of hydrogen-bond acceptors (Lipinski definition) is 4. The molecule has 1 saturated heterocycles. The Balaban J connectivity index is 1.36. The van der Waals surface area contributed by atoms with E-state index in [0.717, 1.165) is 74.8 Å². The molecule has 0 bridgehead atoms. The summed E-state index contributed by atoms with van der Waals surface area (Å²) in [5.41, 5.74) is 5.82. The molecule has 0 spiro atoms. The zero-order chi connectivity index (χ0) is 19.6. The highest BCUT2D eigenvalue weighted by molar-refractivity contribution is 5.87. The van der Waals surface area contributed by atoms with E-state index in [2.05, 4.69) is 4.90 Å². The van der Waals surface area contributed by atoms with Crippen LogP contribution in [-0.4, -0.2) is 51.8 Å². The van der Waals surface area contributed by atoms with E-state index in [1.165, 1.54) is 6.42 Å². The molecular formula is C22H31N3O3. The molecule has 1 aromatic carbocycles. The number of carbonyl (C=O) groups is 1. The second kappa shape index (κ2) is 8.13. The number of hydrogen-bond donors (Lipinski definition) is 2. The van der Waals surface area contributed by atoms with Gasteiger partial charge >= 0.3 is 0 Å². The molecule has 1 aliphatic carbocycles. The Bertz CT molecular complexity index is 818. The molecular weight excluding hydrogens is 354 g/mol. The lowest BCUT2D eigenvalue weighted by atomic mass is 9.84. The van der Waals surface area contributed by atoms with Crippen LogP contribution in [0.3, 0.4) is 0 Å². The molecule has 2 aromatic rings. The van der Waals surface area contributed by atoms with Crippen LogP contribution in [-0.2, 0) is 11.3 Å². The third-order valence-corrected chi connectivity index (χ3v) is 6.23. The minimum Gasteiger partial charge on any atom is -0.490 e. The number of aliphatic hydroxyl groups is 1. The summed E-state index contributed by atoms with van der Waals surface area (Å²) in [5, 5.41) is 11.8. The maximum Gasteiger partial charge on any atom is 0.237 e. The summed E-state index contributed by atoms with van der Waals surface area (Å²) >= 11 is 0. The van der Waals surface area contributed by atoms with Crippen LogP contribution in [0, 0.1) is 0 Å². The Morgan fingerprint density at radius 2 is 1.93 bits per heavy atom. The number of piperidine rings is 1. The van der Waals surface area contributed by atoms with Crippen molar-refractivity contribution in [1.29, 1.82) is 0 Å². The minimum absolute atomic E-state index is 0.175. The average Bonchev–Trinajstić information content (AvgIpc) is 3.07. The van der Waals surface area contributed by atoms with Crippen LogP contribution in [0.5, 0.6) is 5.75 Å². The van der Waals surface area contributed by atoms with Crippen molar-refractivity contribution in [3.8, 4) is 5.75 Å². The maximum absolute atomic E-state index is 11.3. The Labute approximate surface area is 166 Å². The highest BCUT2D eigenvalue weighted by Gasteiger charge is 2.33. The zero-order valence-corrected chi connectivity index (χ0v) is 16.5. The molecule has 0 radical (unpaired) electrons. The molecule has 2 aliphatic rings. The first kappa shape index (κ1) is 19.3. The van der Waals surface area contributed by atoms with Gasteiger partial charge in [0.2, 0.25) is 5.91 Å². The fourth-order valence-corrected chi connectivity index (χ4v) is 4.75. The van der Waals surface area contributed by atoms with Gasteiger partial charge in [0, 0.05) is 31.2 Å². The summed E-state index contributed by atoms with van der Waals surface area (Å²) in [6, 6.07) is 7.93. The van der Waals surface area contributed by atoms with E-state index in [1.807, 2.05) is 35.0 Å². The second-order valence-corrected chi connectivity index (χ2v) is 8.48. The summed E-state index contributed by atoms with van der Waals surface area (Å²) in [7, 11) is 0. The van der Waals surface area contributed by atoms with E-state index in [9.17, 15) is 9.90 Å². The van der Waals surface area contributed by atoms with Crippen LogP contribution in [0.1, 0.15) is 44.9 Å². The van der Waals surface area contributed by atoms with Gasteiger partial charge in [-0.25, -0.2) is 0 Å². The van der Waals surface area contributed by atoms with Crippen molar-refractivity contribution in [3.63, 3.8) is 0 Å². The molecule has 4 rings (SSSR count). The molecule has 0 unspecified atom stereocenters. The van der Waals surface area contributed by atoms with Crippen LogP contribution in [0.25, 0.3) is 10.9 Å². The smallest absolute Gasteiger partial charge is 0.237 e. The number of primary amides is 1. The topological polar surface area (TPSA) is 80.7 Å². The van der Waals surface area contributed by atoms with Crippen LogP contribution in [0.15, 0.2) is 30.5 Å². The van der Waals surface area contributed by atoms with Crippen molar-refractivity contribution in [2.24, 2.45) is 5.73 Å². The largest absolute Gasteiger partial charge is 0.490 e. The van der Waals surface area contributed by atoms with Crippen molar-refractivity contribution in [2.75, 3.05) is 19.6 Å². The number of likely N-dealkylation sites (tertiary alicyclic amines) is 1. The molecule has 0 atom stereocenters. The summed E-state index contributed by atoms with van der Waals surface area (Å²) < 4.78 is 8.19. The van der Waals surface area contributed by atoms with Crippen LogP contribution >= 0.6 is 0 Å². The first-order valence-corrected chi connectivity index (χ1v) is 10.5. The predicted molar refractivity (Wildman–Crippen MR) is 109 cm³/mol. The number of fused-ring (bicyclic) bond motifs is 1. The molecule has 28 heavy (non-hydrogen) atoms. The lowest BCUT2D eigenvalue weighted by Crippen LogP contribution is -2.48. The molecule has 1 saturated carbocycles. The summed E-state index contributed by atoms with van der Waals surface area (Å²) in [5.74, 6) is 0.515. The lowest BCUT2D eigenvalue weighted by molar-refractivity contribution is -0.118. The maximum atomic E-state index is 11.3. The number of ether oxygens (including phenoxy) is 1. The van der Waals surface area contributed by atoms with Gasteiger partial charge < -0.3 is 25.0 Å². The van der Waals surface area contributed by atoms with E-state index in [4.69, 9.17) is 10.5 Å². The van der Waals surface area contributed by atoms with Crippen LogP contribution < -0.4 is 10.5 Å². The minimum atomic E-state index is -0.485. The monoisotopic (exact) mass is 385 g/mol. The quantitative estimate of drug-likeness (QED) is 0.801. The highest BCUT2D eigenvalue weighted by atomic mass is 16.5. The van der Waals surface area contributed by atoms with Gasteiger partial charge in [-0.05, 0) is 43.9 Å². The van der Waals surface area contributed by atoms with Gasteiger partial charge in [-0.15, -0.1) is 0 Å². The molecule has 6 nitrogen and oxygen atoms in total. The van der Waals surface area contributed by atoms with Gasteiger partial charge in [0.05, 0.1) is 11.1 Å². The van der Waals surface area contributed by atoms with E-state index in [0.29, 0.717) is 0 Å². The standard InChI is InChI=1S/C22H31N3O3/c23-21(26)15-25-14-9-18-19(25)5-4-6-20(18)28-17-7-12-24(13-8-17)16-22(27)10-2-1-3-11-22/h4-6,9,14,17,27H,1-3,7-8,10-13,15-16H2,(H2,23,26).